The normalized spacial score (nSPS) is 12.2. The molecule has 0 aliphatic rings. The first-order valence-corrected chi connectivity index (χ1v) is 7.01. The van der Waals surface area contributed by atoms with Crippen molar-refractivity contribution < 1.29 is 18.3 Å². The number of aryl methyl sites for hydroxylation is 1. The summed E-state index contributed by atoms with van der Waals surface area (Å²) in [5.41, 5.74) is 0.555. The average molecular weight is 322 g/mol. The van der Waals surface area contributed by atoms with Gasteiger partial charge >= 0.3 is 6.61 Å². The lowest BCUT2D eigenvalue weighted by Gasteiger charge is -2.12. The van der Waals surface area contributed by atoms with Crippen molar-refractivity contribution in [1.82, 2.24) is 9.97 Å². The number of benzene rings is 1. The number of nitrogens with one attached hydrogen (secondary N) is 1. The third kappa shape index (κ3) is 4.70. The number of ketones is 1. The first-order valence-electron chi connectivity index (χ1n) is 7.01. The van der Waals surface area contributed by atoms with Crippen LogP contribution in [0.25, 0.3) is 0 Å². The highest BCUT2D eigenvalue weighted by Crippen LogP contribution is 2.23. The summed E-state index contributed by atoms with van der Waals surface area (Å²) in [6, 6.07) is 7.29. The minimum Gasteiger partial charge on any atom is -0.435 e. The summed E-state index contributed by atoms with van der Waals surface area (Å²) in [6.45, 7) is 0.565. The zero-order valence-electron chi connectivity index (χ0n) is 12.7. The second-order valence-electron chi connectivity index (χ2n) is 5.19. The zero-order valence-corrected chi connectivity index (χ0v) is 12.7. The number of aromatic amines is 1. The molecule has 0 bridgehead atoms. The van der Waals surface area contributed by atoms with E-state index in [2.05, 4.69) is 14.7 Å². The van der Waals surface area contributed by atoms with Crippen LogP contribution in [0.1, 0.15) is 41.1 Å². The van der Waals surface area contributed by atoms with Crippen molar-refractivity contribution in [2.45, 2.75) is 32.8 Å². The van der Waals surface area contributed by atoms with Gasteiger partial charge in [-0.15, -0.1) is 0 Å². The molecular formula is C16H16F2N2O3. The largest absolute Gasteiger partial charge is 0.435 e. The standard InChI is InChI=1S/C16H16F2N2O3/c1-9(11-3-5-12(6-4-11)23-16(17)18)7-14(21)13-8-15(22)20-10(2)19-13/h3-6,8-9,16H,7H2,1-2H3,(H,19,20,22)/t9-/m1/s1. The molecule has 23 heavy (non-hydrogen) atoms. The Morgan fingerprint density at radius 3 is 2.52 bits per heavy atom. The minimum atomic E-state index is -2.87. The van der Waals surface area contributed by atoms with Crippen LogP contribution < -0.4 is 10.3 Å². The Bertz CT molecular complexity index is 742. The molecule has 0 unspecified atom stereocenters. The molecule has 1 N–H and O–H groups in total. The average Bonchev–Trinajstić information content (AvgIpc) is 2.46. The summed E-state index contributed by atoms with van der Waals surface area (Å²) in [7, 11) is 0. The van der Waals surface area contributed by atoms with Crippen molar-refractivity contribution in [3.05, 3.63) is 57.8 Å². The minimum absolute atomic E-state index is 0.0640. The van der Waals surface area contributed by atoms with Gasteiger partial charge in [-0.05, 0) is 30.5 Å². The number of nitrogens with zero attached hydrogens (tertiary/aromatic N) is 1. The molecule has 0 radical (unpaired) electrons. The van der Waals surface area contributed by atoms with Crippen molar-refractivity contribution in [2.75, 3.05) is 0 Å². The highest BCUT2D eigenvalue weighted by Gasteiger charge is 2.15. The fourth-order valence-electron chi connectivity index (χ4n) is 2.20. The van der Waals surface area contributed by atoms with E-state index in [0.29, 0.717) is 5.82 Å². The number of alkyl halides is 2. The number of Topliss-reactive ketones (excluding diaryl/α,β-unsaturated/α-hetero) is 1. The van der Waals surface area contributed by atoms with Gasteiger partial charge in [0.25, 0.3) is 5.56 Å². The van der Waals surface area contributed by atoms with Crippen LogP contribution in [0.2, 0.25) is 0 Å². The maximum atomic E-state index is 12.2. The summed E-state index contributed by atoms with van der Waals surface area (Å²) < 4.78 is 28.5. The highest BCUT2D eigenvalue weighted by atomic mass is 19.3. The molecule has 0 saturated heterocycles. The van der Waals surface area contributed by atoms with Gasteiger partial charge in [-0.1, -0.05) is 19.1 Å². The zero-order chi connectivity index (χ0) is 17.0. The van der Waals surface area contributed by atoms with E-state index in [-0.39, 0.29) is 35.1 Å². The van der Waals surface area contributed by atoms with Gasteiger partial charge in [-0.25, -0.2) is 4.98 Å². The molecule has 5 nitrogen and oxygen atoms in total. The lowest BCUT2D eigenvalue weighted by atomic mass is 9.94. The van der Waals surface area contributed by atoms with Crippen LogP contribution in [0, 0.1) is 6.92 Å². The van der Waals surface area contributed by atoms with Gasteiger partial charge in [0.15, 0.2) is 5.78 Å². The molecule has 1 heterocycles. The topological polar surface area (TPSA) is 72.0 Å². The molecule has 0 fully saturated rings. The van der Waals surface area contributed by atoms with Crippen molar-refractivity contribution in [3.63, 3.8) is 0 Å². The molecule has 2 aromatic rings. The predicted molar refractivity (Wildman–Crippen MR) is 80.0 cm³/mol. The molecule has 1 atom stereocenters. The SMILES string of the molecule is Cc1nc(C(=O)C[C@@H](C)c2ccc(OC(F)F)cc2)cc(=O)[nH]1. The van der Waals surface area contributed by atoms with Crippen LogP contribution >= 0.6 is 0 Å². The van der Waals surface area contributed by atoms with Crippen LogP contribution in [-0.2, 0) is 0 Å². The van der Waals surface area contributed by atoms with Gasteiger partial charge in [0.1, 0.15) is 17.3 Å². The maximum absolute atomic E-state index is 12.2. The van der Waals surface area contributed by atoms with E-state index in [1.165, 1.54) is 18.2 Å². The van der Waals surface area contributed by atoms with Crippen molar-refractivity contribution in [1.29, 1.82) is 0 Å². The second-order valence-corrected chi connectivity index (χ2v) is 5.19. The van der Waals surface area contributed by atoms with Crippen molar-refractivity contribution in [2.24, 2.45) is 0 Å². The van der Waals surface area contributed by atoms with E-state index < -0.39 is 6.61 Å². The number of ether oxygens (including phenoxy) is 1. The van der Waals surface area contributed by atoms with Crippen LogP contribution in [0.15, 0.2) is 35.1 Å². The van der Waals surface area contributed by atoms with Crippen molar-refractivity contribution in [3.8, 4) is 5.75 Å². The number of aromatic nitrogens is 2. The predicted octanol–water partition coefficient (Wildman–Crippen LogP) is 3.06. The Balaban J connectivity index is 2.07. The van der Waals surface area contributed by atoms with Gasteiger partial charge in [0, 0.05) is 12.5 Å². The van der Waals surface area contributed by atoms with Gasteiger partial charge in [0.2, 0.25) is 0 Å². The Kier molecular flexibility index (Phi) is 5.20. The second kappa shape index (κ2) is 7.13. The summed E-state index contributed by atoms with van der Waals surface area (Å²) in [6.07, 6.45) is 0.158. The number of carbonyl (C=O) groups excluding carboxylic acids is 1. The van der Waals surface area contributed by atoms with E-state index in [1.807, 2.05) is 6.92 Å². The highest BCUT2D eigenvalue weighted by molar-refractivity contribution is 5.94. The molecule has 122 valence electrons. The quantitative estimate of drug-likeness (QED) is 0.830. The fourth-order valence-corrected chi connectivity index (χ4v) is 2.20. The van der Waals surface area contributed by atoms with Crippen molar-refractivity contribution >= 4 is 5.78 Å². The van der Waals surface area contributed by atoms with E-state index in [0.717, 1.165) is 5.56 Å². The molecule has 0 saturated carbocycles. The molecule has 1 aromatic heterocycles. The molecule has 0 spiro atoms. The third-order valence-electron chi connectivity index (χ3n) is 3.31. The van der Waals surface area contributed by atoms with E-state index >= 15 is 0 Å². The first-order chi connectivity index (χ1) is 10.8. The van der Waals surface area contributed by atoms with Gasteiger partial charge < -0.3 is 9.72 Å². The van der Waals surface area contributed by atoms with E-state index in [1.54, 1.807) is 19.1 Å². The number of hydrogen-bond donors (Lipinski definition) is 1. The lowest BCUT2D eigenvalue weighted by molar-refractivity contribution is -0.0498. The number of carbonyl (C=O) groups is 1. The molecule has 2 rings (SSSR count). The summed E-state index contributed by atoms with van der Waals surface area (Å²) in [5, 5.41) is 0. The Hall–Kier alpha value is -2.57. The smallest absolute Gasteiger partial charge is 0.387 e. The summed E-state index contributed by atoms with van der Waals surface area (Å²) >= 11 is 0. The first kappa shape index (κ1) is 16.8. The van der Waals surface area contributed by atoms with E-state index in [9.17, 15) is 18.4 Å². The fraction of sp³-hybridized carbons (Fsp3) is 0.312. The van der Waals surface area contributed by atoms with Gasteiger partial charge in [-0.3, -0.25) is 9.59 Å². The number of rotatable bonds is 6. The molecule has 1 aromatic carbocycles. The number of hydrogen-bond acceptors (Lipinski definition) is 4. The van der Waals surface area contributed by atoms with Crippen LogP contribution in [0.4, 0.5) is 8.78 Å². The van der Waals surface area contributed by atoms with Crippen LogP contribution in [-0.4, -0.2) is 22.4 Å². The maximum Gasteiger partial charge on any atom is 0.387 e. The monoisotopic (exact) mass is 322 g/mol. The third-order valence-corrected chi connectivity index (χ3v) is 3.31. The van der Waals surface area contributed by atoms with Gasteiger partial charge in [-0.2, -0.15) is 8.78 Å². The molecule has 0 aliphatic carbocycles. The summed E-state index contributed by atoms with van der Waals surface area (Å²) in [5.74, 6) is 0.0419. The van der Waals surface area contributed by atoms with Gasteiger partial charge in [0.05, 0.1) is 0 Å². The Labute approximate surface area is 131 Å². The van der Waals surface area contributed by atoms with Crippen LogP contribution in [0.5, 0.6) is 5.75 Å². The van der Waals surface area contributed by atoms with Crippen LogP contribution in [0.3, 0.4) is 0 Å². The summed E-state index contributed by atoms with van der Waals surface area (Å²) in [4.78, 5) is 30.1. The molecule has 0 amide bonds. The lowest BCUT2D eigenvalue weighted by Crippen LogP contribution is -2.15. The molecule has 0 aliphatic heterocycles. The van der Waals surface area contributed by atoms with E-state index in [4.69, 9.17) is 0 Å². The molecule has 7 heteroatoms. The number of halogens is 2. The molecular weight excluding hydrogens is 306 g/mol. The Morgan fingerprint density at radius 1 is 1.30 bits per heavy atom. The Morgan fingerprint density at radius 2 is 1.96 bits per heavy atom. The number of H-pyrrole nitrogens is 1.